The highest BCUT2D eigenvalue weighted by molar-refractivity contribution is 5.91. The summed E-state index contributed by atoms with van der Waals surface area (Å²) in [6.45, 7) is 9.37. The van der Waals surface area contributed by atoms with Gasteiger partial charge in [-0.25, -0.2) is 9.59 Å². The van der Waals surface area contributed by atoms with Crippen molar-refractivity contribution in [3.8, 4) is 22.6 Å². The summed E-state index contributed by atoms with van der Waals surface area (Å²) in [5.41, 5.74) is 4.08. The summed E-state index contributed by atoms with van der Waals surface area (Å²) in [7, 11) is 1.64. The third kappa shape index (κ3) is 5.81. The van der Waals surface area contributed by atoms with Crippen LogP contribution in [0.15, 0.2) is 104 Å². The minimum absolute atomic E-state index is 0.0451. The molecule has 0 saturated carbocycles. The van der Waals surface area contributed by atoms with Gasteiger partial charge in [-0.1, -0.05) is 36.9 Å². The van der Waals surface area contributed by atoms with Crippen molar-refractivity contribution in [3.63, 3.8) is 0 Å². The molecule has 218 valence electrons. The lowest BCUT2D eigenvalue weighted by atomic mass is 9.73. The molecule has 0 N–H and O–H groups in total. The Morgan fingerprint density at radius 3 is 2.35 bits per heavy atom. The van der Waals surface area contributed by atoms with E-state index >= 15 is 0 Å². The Bertz CT molecular complexity index is 1660. The third-order valence-corrected chi connectivity index (χ3v) is 8.72. The van der Waals surface area contributed by atoms with E-state index in [1.807, 2.05) is 48.5 Å². The van der Waals surface area contributed by atoms with Crippen molar-refractivity contribution in [2.75, 3.05) is 20.2 Å². The third-order valence-electron chi connectivity index (χ3n) is 8.72. The van der Waals surface area contributed by atoms with Crippen molar-refractivity contribution < 1.29 is 23.8 Å². The molecule has 4 aromatic rings. The van der Waals surface area contributed by atoms with Crippen molar-refractivity contribution in [3.05, 3.63) is 115 Å². The number of benzene rings is 3. The Balaban J connectivity index is 1.28. The molecule has 7 rings (SSSR count). The number of esters is 2. The molecular formula is C36H34N2O5. The van der Waals surface area contributed by atoms with Gasteiger partial charge in [0.15, 0.2) is 0 Å². The van der Waals surface area contributed by atoms with Crippen LogP contribution in [0, 0.1) is 11.8 Å². The van der Waals surface area contributed by atoms with Gasteiger partial charge in [-0.15, -0.1) is 6.58 Å². The van der Waals surface area contributed by atoms with Crippen molar-refractivity contribution >= 4 is 22.8 Å². The highest BCUT2D eigenvalue weighted by Crippen LogP contribution is 2.44. The summed E-state index contributed by atoms with van der Waals surface area (Å²) < 4.78 is 17.1. The Labute approximate surface area is 251 Å². The van der Waals surface area contributed by atoms with E-state index in [1.54, 1.807) is 37.6 Å². The zero-order chi connectivity index (χ0) is 29.9. The fourth-order valence-electron chi connectivity index (χ4n) is 6.42. The Morgan fingerprint density at radius 1 is 0.977 bits per heavy atom. The number of fused-ring (bicyclic) bond motifs is 4. The average Bonchev–Trinajstić information content (AvgIpc) is 3.07. The molecule has 3 fully saturated rings. The maximum atomic E-state index is 13.7. The molecule has 0 radical (unpaired) electrons. The molecule has 4 heterocycles. The van der Waals surface area contributed by atoms with Crippen molar-refractivity contribution in [2.24, 2.45) is 11.8 Å². The molecule has 1 aromatic heterocycles. The number of pyridine rings is 1. The zero-order valence-corrected chi connectivity index (χ0v) is 24.1. The van der Waals surface area contributed by atoms with Gasteiger partial charge in [-0.2, -0.15) is 0 Å². The summed E-state index contributed by atoms with van der Waals surface area (Å²) in [5, 5.41) is 0.917. The van der Waals surface area contributed by atoms with Crippen LogP contribution in [-0.2, 0) is 9.53 Å². The van der Waals surface area contributed by atoms with Crippen LogP contribution in [0.25, 0.3) is 22.0 Å². The van der Waals surface area contributed by atoms with Crippen molar-refractivity contribution in [2.45, 2.75) is 25.0 Å². The highest BCUT2D eigenvalue weighted by Gasteiger charge is 2.44. The second-order valence-electron chi connectivity index (χ2n) is 11.1. The van der Waals surface area contributed by atoms with Gasteiger partial charge in [-0.05, 0) is 90.9 Å². The summed E-state index contributed by atoms with van der Waals surface area (Å²) in [5.74, 6) is 1.25. The fraction of sp³-hybridized carbons (Fsp3) is 0.250. The maximum Gasteiger partial charge on any atom is 0.338 e. The maximum absolute atomic E-state index is 13.7. The van der Waals surface area contributed by atoms with Gasteiger partial charge in [-0.3, -0.25) is 9.88 Å². The highest BCUT2D eigenvalue weighted by atomic mass is 16.5. The molecule has 0 aliphatic carbocycles. The molecule has 3 aliphatic heterocycles. The smallest absolute Gasteiger partial charge is 0.338 e. The molecule has 5 atom stereocenters. The van der Waals surface area contributed by atoms with Crippen LogP contribution in [0.2, 0.25) is 0 Å². The lowest BCUT2D eigenvalue weighted by Crippen LogP contribution is -2.55. The van der Waals surface area contributed by atoms with Crippen LogP contribution >= 0.6 is 0 Å². The predicted octanol–water partition coefficient (Wildman–Crippen LogP) is 6.80. The number of hydrogen-bond acceptors (Lipinski definition) is 7. The number of carbonyl (C=O) groups is 2. The first-order valence-electron chi connectivity index (χ1n) is 14.5. The van der Waals surface area contributed by atoms with Crippen LogP contribution in [0.4, 0.5) is 0 Å². The second kappa shape index (κ2) is 12.2. The SMILES string of the molecule is C=CC(=O)Oc1ccc(-c2ccc(C(=O)O[C@H](c3ccnc4ccc(OC)cc34)[C@@H]3CC4CCN3C[C@@H]4C=C)cc2)cc1. The first-order chi connectivity index (χ1) is 21.0. The van der Waals surface area contributed by atoms with E-state index in [1.165, 1.54) is 0 Å². The number of piperidine rings is 3. The molecule has 2 unspecified atom stereocenters. The van der Waals surface area contributed by atoms with Gasteiger partial charge in [0.1, 0.15) is 17.6 Å². The van der Waals surface area contributed by atoms with E-state index < -0.39 is 12.1 Å². The van der Waals surface area contributed by atoms with Gasteiger partial charge < -0.3 is 14.2 Å². The summed E-state index contributed by atoms with van der Waals surface area (Å²) >= 11 is 0. The predicted molar refractivity (Wildman–Crippen MR) is 166 cm³/mol. The Hall–Kier alpha value is -4.75. The number of nitrogens with zero attached hydrogens (tertiary/aromatic N) is 2. The molecule has 0 spiro atoms. The number of aromatic nitrogens is 1. The van der Waals surface area contributed by atoms with Crippen LogP contribution in [-0.4, -0.2) is 48.1 Å². The van der Waals surface area contributed by atoms with Crippen molar-refractivity contribution in [1.29, 1.82) is 0 Å². The number of hydrogen-bond donors (Lipinski definition) is 0. The molecule has 3 aromatic carbocycles. The standard InChI is InChI=1S/C36H34N2O5/c1-4-23-22-38-19-17-27(23)20-33(38)35(30-16-18-37-32-15-14-29(41-3)21-31(30)32)43-36(40)26-8-6-24(7-9-26)25-10-12-28(13-11-25)42-34(39)5-2/h4-16,18,21,23,27,33,35H,1-2,17,19-20,22H2,3H3/t23-,27?,33-,35+/m0/s1. The summed E-state index contributed by atoms with van der Waals surface area (Å²) in [4.78, 5) is 32.2. The first-order valence-corrected chi connectivity index (χ1v) is 14.5. The number of rotatable bonds is 9. The van der Waals surface area contributed by atoms with E-state index in [9.17, 15) is 9.59 Å². The summed E-state index contributed by atoms with van der Waals surface area (Å²) in [6.07, 6.45) is 6.55. The Morgan fingerprint density at radius 2 is 1.70 bits per heavy atom. The van der Waals surface area contributed by atoms with E-state index in [0.29, 0.717) is 23.1 Å². The molecular weight excluding hydrogens is 540 g/mol. The van der Waals surface area contributed by atoms with Gasteiger partial charge in [0.2, 0.25) is 0 Å². The molecule has 7 nitrogen and oxygen atoms in total. The van der Waals surface area contributed by atoms with E-state index in [-0.39, 0.29) is 12.0 Å². The Kier molecular flexibility index (Phi) is 8.07. The molecule has 2 bridgehead atoms. The average molecular weight is 575 g/mol. The molecule has 0 amide bonds. The van der Waals surface area contributed by atoms with Crippen molar-refractivity contribution in [1.82, 2.24) is 9.88 Å². The molecule has 7 heteroatoms. The van der Waals surface area contributed by atoms with Gasteiger partial charge in [0.25, 0.3) is 0 Å². The van der Waals surface area contributed by atoms with Crippen LogP contribution in [0.3, 0.4) is 0 Å². The normalized spacial score (nSPS) is 21.5. The number of carbonyl (C=O) groups excluding carboxylic acids is 2. The number of ether oxygens (including phenoxy) is 3. The molecule has 3 aliphatic rings. The van der Waals surface area contributed by atoms with Crippen LogP contribution in [0.5, 0.6) is 11.5 Å². The zero-order valence-electron chi connectivity index (χ0n) is 24.1. The quantitative estimate of drug-likeness (QED) is 0.0942. The van der Waals surface area contributed by atoms with Crippen LogP contribution < -0.4 is 9.47 Å². The van der Waals surface area contributed by atoms with Gasteiger partial charge >= 0.3 is 11.9 Å². The largest absolute Gasteiger partial charge is 0.497 e. The lowest BCUT2D eigenvalue weighted by Gasteiger charge is -2.51. The topological polar surface area (TPSA) is 78.0 Å². The van der Waals surface area contributed by atoms with E-state index in [2.05, 4.69) is 29.1 Å². The van der Waals surface area contributed by atoms with E-state index in [4.69, 9.17) is 14.2 Å². The minimum atomic E-state index is -0.508. The molecule has 43 heavy (non-hydrogen) atoms. The second-order valence-corrected chi connectivity index (χ2v) is 11.1. The fourth-order valence-corrected chi connectivity index (χ4v) is 6.42. The first kappa shape index (κ1) is 28.4. The van der Waals surface area contributed by atoms with E-state index in [0.717, 1.165) is 65.3 Å². The monoisotopic (exact) mass is 574 g/mol. The summed E-state index contributed by atoms with van der Waals surface area (Å²) in [6, 6.07) is 22.3. The van der Waals surface area contributed by atoms with Gasteiger partial charge in [0.05, 0.1) is 24.2 Å². The lowest BCUT2D eigenvalue weighted by molar-refractivity contribution is -0.128. The van der Waals surface area contributed by atoms with Gasteiger partial charge in [0, 0.05) is 29.8 Å². The minimum Gasteiger partial charge on any atom is -0.497 e. The van der Waals surface area contributed by atoms with Crippen LogP contribution in [0.1, 0.15) is 34.9 Å². The number of methoxy groups -OCH3 is 1. The molecule has 3 saturated heterocycles.